The summed E-state index contributed by atoms with van der Waals surface area (Å²) in [4.78, 5) is 10.9. The third-order valence-electron chi connectivity index (χ3n) is 3.04. The molecule has 3 nitrogen and oxygen atoms in total. The maximum absolute atomic E-state index is 10.9. The molecule has 0 aliphatic heterocycles. The molecule has 0 heterocycles. The number of aliphatic hydroxyl groups excluding tert-OH is 1. The summed E-state index contributed by atoms with van der Waals surface area (Å²) in [6.07, 6.45) is 9.99. The maximum atomic E-state index is 10.9. The van der Waals surface area contributed by atoms with Gasteiger partial charge in [-0.1, -0.05) is 45.4 Å². The zero-order valence-corrected chi connectivity index (χ0v) is 11.4. The van der Waals surface area contributed by atoms with E-state index in [0.717, 1.165) is 19.3 Å². The lowest BCUT2D eigenvalue weighted by Crippen LogP contribution is -2.08. The number of methoxy groups -OCH3 is 1. The van der Waals surface area contributed by atoms with Crippen molar-refractivity contribution in [1.82, 2.24) is 0 Å². The van der Waals surface area contributed by atoms with Gasteiger partial charge in [-0.25, -0.2) is 0 Å². The number of rotatable bonds is 11. The monoisotopic (exact) mass is 244 g/mol. The average molecular weight is 244 g/mol. The van der Waals surface area contributed by atoms with Gasteiger partial charge in [0.25, 0.3) is 0 Å². The summed E-state index contributed by atoms with van der Waals surface area (Å²) in [5, 5.41) is 9.69. The van der Waals surface area contributed by atoms with Crippen LogP contribution in [-0.4, -0.2) is 24.3 Å². The number of unbranched alkanes of at least 4 members (excludes halogenated alkanes) is 5. The third kappa shape index (κ3) is 11.7. The second-order valence-electron chi connectivity index (χ2n) is 4.68. The smallest absolute Gasteiger partial charge is 0.305 e. The molecule has 0 rings (SSSR count). The molecule has 17 heavy (non-hydrogen) atoms. The first-order valence-electron chi connectivity index (χ1n) is 6.95. The van der Waals surface area contributed by atoms with Crippen LogP contribution < -0.4 is 0 Å². The predicted octanol–water partition coefficient (Wildman–Crippen LogP) is 3.44. The molecule has 1 unspecified atom stereocenters. The lowest BCUT2D eigenvalue weighted by atomic mass is 10.0. The quantitative estimate of drug-likeness (QED) is 0.447. The van der Waals surface area contributed by atoms with Crippen LogP contribution in [0, 0.1) is 0 Å². The number of esters is 1. The maximum Gasteiger partial charge on any atom is 0.305 e. The van der Waals surface area contributed by atoms with Crippen molar-refractivity contribution in [1.29, 1.82) is 0 Å². The molecule has 0 aromatic heterocycles. The summed E-state index contributed by atoms with van der Waals surface area (Å²) < 4.78 is 4.55. The number of hydrogen-bond donors (Lipinski definition) is 1. The minimum Gasteiger partial charge on any atom is -0.469 e. The van der Waals surface area contributed by atoms with Crippen LogP contribution in [0.3, 0.4) is 0 Å². The van der Waals surface area contributed by atoms with Gasteiger partial charge in [-0.2, -0.15) is 0 Å². The van der Waals surface area contributed by atoms with E-state index in [4.69, 9.17) is 0 Å². The number of ether oxygens (including phenoxy) is 1. The topological polar surface area (TPSA) is 46.5 Å². The highest BCUT2D eigenvalue weighted by molar-refractivity contribution is 5.68. The molecule has 0 aliphatic carbocycles. The van der Waals surface area contributed by atoms with Crippen LogP contribution in [-0.2, 0) is 9.53 Å². The van der Waals surface area contributed by atoms with Gasteiger partial charge < -0.3 is 9.84 Å². The Kier molecular flexibility index (Phi) is 11.5. The molecule has 0 fully saturated rings. The first kappa shape index (κ1) is 16.4. The Bertz CT molecular complexity index is 180. The SMILES string of the molecule is CCCCCCCCC(O)CCCC(=O)OC. The summed E-state index contributed by atoms with van der Waals surface area (Å²) in [5.41, 5.74) is 0. The molecular formula is C14H28O3. The molecule has 1 N–H and O–H groups in total. The fourth-order valence-corrected chi connectivity index (χ4v) is 1.89. The van der Waals surface area contributed by atoms with Crippen LogP contribution in [0.2, 0.25) is 0 Å². The van der Waals surface area contributed by atoms with Crippen molar-refractivity contribution < 1.29 is 14.6 Å². The van der Waals surface area contributed by atoms with Gasteiger partial charge in [0.15, 0.2) is 0 Å². The summed E-state index contributed by atoms with van der Waals surface area (Å²) in [5.74, 6) is -0.184. The lowest BCUT2D eigenvalue weighted by Gasteiger charge is -2.09. The van der Waals surface area contributed by atoms with E-state index in [2.05, 4.69) is 11.7 Å². The highest BCUT2D eigenvalue weighted by atomic mass is 16.5. The van der Waals surface area contributed by atoms with Crippen LogP contribution in [0.5, 0.6) is 0 Å². The highest BCUT2D eigenvalue weighted by Gasteiger charge is 2.06. The van der Waals surface area contributed by atoms with Crippen LogP contribution in [0.25, 0.3) is 0 Å². The van der Waals surface area contributed by atoms with Crippen molar-refractivity contribution in [2.24, 2.45) is 0 Å². The second kappa shape index (κ2) is 11.9. The minimum absolute atomic E-state index is 0.184. The Morgan fingerprint density at radius 2 is 1.65 bits per heavy atom. The zero-order chi connectivity index (χ0) is 12.9. The highest BCUT2D eigenvalue weighted by Crippen LogP contribution is 2.12. The summed E-state index contributed by atoms with van der Waals surface area (Å²) in [6.45, 7) is 2.21. The van der Waals surface area contributed by atoms with E-state index < -0.39 is 0 Å². The van der Waals surface area contributed by atoms with E-state index in [0.29, 0.717) is 12.8 Å². The van der Waals surface area contributed by atoms with Gasteiger partial charge in [-0.15, -0.1) is 0 Å². The van der Waals surface area contributed by atoms with Crippen molar-refractivity contribution in [3.63, 3.8) is 0 Å². The standard InChI is InChI=1S/C14H28O3/c1-3-4-5-6-7-8-10-13(15)11-9-12-14(16)17-2/h13,15H,3-12H2,1-2H3. The largest absolute Gasteiger partial charge is 0.469 e. The molecular weight excluding hydrogens is 216 g/mol. The molecule has 1 atom stereocenters. The normalized spacial score (nSPS) is 12.4. The molecule has 3 heteroatoms. The van der Waals surface area contributed by atoms with Crippen LogP contribution in [0.15, 0.2) is 0 Å². The summed E-state index contributed by atoms with van der Waals surface area (Å²) in [7, 11) is 1.40. The molecule has 0 saturated heterocycles. The molecule has 0 aromatic carbocycles. The fraction of sp³-hybridized carbons (Fsp3) is 0.929. The Balaban J connectivity index is 3.23. The summed E-state index contributed by atoms with van der Waals surface area (Å²) in [6, 6.07) is 0. The zero-order valence-electron chi connectivity index (χ0n) is 11.4. The first-order chi connectivity index (χ1) is 8.20. The van der Waals surface area contributed by atoms with Gasteiger partial charge in [0.1, 0.15) is 0 Å². The van der Waals surface area contributed by atoms with Gasteiger partial charge in [0.2, 0.25) is 0 Å². The number of hydrogen-bond acceptors (Lipinski definition) is 3. The van der Waals surface area contributed by atoms with Crippen molar-refractivity contribution in [3.8, 4) is 0 Å². The van der Waals surface area contributed by atoms with Crippen molar-refractivity contribution in [2.45, 2.75) is 77.2 Å². The van der Waals surface area contributed by atoms with Gasteiger partial charge in [0, 0.05) is 6.42 Å². The fourth-order valence-electron chi connectivity index (χ4n) is 1.89. The third-order valence-corrected chi connectivity index (χ3v) is 3.04. The molecule has 0 saturated carbocycles. The molecule has 0 amide bonds. The Hall–Kier alpha value is -0.570. The van der Waals surface area contributed by atoms with Crippen molar-refractivity contribution in [2.75, 3.05) is 7.11 Å². The van der Waals surface area contributed by atoms with Gasteiger partial charge in [-0.3, -0.25) is 4.79 Å². The summed E-state index contributed by atoms with van der Waals surface area (Å²) >= 11 is 0. The second-order valence-corrected chi connectivity index (χ2v) is 4.68. The number of carbonyl (C=O) groups excluding carboxylic acids is 1. The number of carbonyl (C=O) groups is 1. The minimum atomic E-state index is -0.245. The van der Waals surface area contributed by atoms with E-state index in [1.165, 1.54) is 39.2 Å². The van der Waals surface area contributed by atoms with Crippen molar-refractivity contribution >= 4 is 5.97 Å². The molecule has 102 valence electrons. The number of aliphatic hydroxyl groups is 1. The van der Waals surface area contributed by atoms with Crippen LogP contribution >= 0.6 is 0 Å². The van der Waals surface area contributed by atoms with Crippen LogP contribution in [0.1, 0.15) is 71.1 Å². The van der Waals surface area contributed by atoms with E-state index in [1.54, 1.807) is 0 Å². The van der Waals surface area contributed by atoms with Crippen LogP contribution in [0.4, 0.5) is 0 Å². The molecule has 0 aromatic rings. The van der Waals surface area contributed by atoms with E-state index in [1.807, 2.05) is 0 Å². The van der Waals surface area contributed by atoms with Crippen molar-refractivity contribution in [3.05, 3.63) is 0 Å². The van der Waals surface area contributed by atoms with E-state index >= 15 is 0 Å². The molecule has 0 aliphatic rings. The Morgan fingerprint density at radius 1 is 1.06 bits per heavy atom. The van der Waals surface area contributed by atoms with E-state index in [-0.39, 0.29) is 12.1 Å². The molecule has 0 bridgehead atoms. The van der Waals surface area contributed by atoms with Gasteiger partial charge >= 0.3 is 5.97 Å². The molecule has 0 spiro atoms. The Labute approximate surface area is 106 Å². The van der Waals surface area contributed by atoms with E-state index in [9.17, 15) is 9.90 Å². The van der Waals surface area contributed by atoms with Gasteiger partial charge in [-0.05, 0) is 19.3 Å². The van der Waals surface area contributed by atoms with Gasteiger partial charge in [0.05, 0.1) is 13.2 Å². The Morgan fingerprint density at radius 3 is 2.29 bits per heavy atom. The molecule has 0 radical (unpaired) electrons. The first-order valence-corrected chi connectivity index (χ1v) is 6.95. The lowest BCUT2D eigenvalue weighted by molar-refractivity contribution is -0.140. The predicted molar refractivity (Wildman–Crippen MR) is 69.9 cm³/mol. The average Bonchev–Trinajstić information content (AvgIpc) is 2.33.